The number of halogens is 1. The molecule has 3 aromatic rings. The number of imidazole rings is 1. The molecule has 0 N–H and O–H groups in total. The number of rotatable bonds is 4. The highest BCUT2D eigenvalue weighted by Gasteiger charge is 2.15. The van der Waals surface area contributed by atoms with Crippen molar-refractivity contribution in [1.29, 1.82) is 0 Å². The average molecular weight is 386 g/mol. The molecule has 0 atom stereocenters. The second-order valence-corrected chi connectivity index (χ2v) is 7.51. The van der Waals surface area contributed by atoms with E-state index in [9.17, 15) is 4.39 Å². The summed E-state index contributed by atoms with van der Waals surface area (Å²) >= 11 is 1.67. The molecule has 0 saturated heterocycles. The Labute approximate surface area is 165 Å². The quantitative estimate of drug-likeness (QED) is 0.418. The summed E-state index contributed by atoms with van der Waals surface area (Å²) in [6, 6.07) is 18.7. The average Bonchev–Trinajstić information content (AvgIpc) is 3.36. The van der Waals surface area contributed by atoms with Crippen LogP contribution in [0.2, 0.25) is 0 Å². The van der Waals surface area contributed by atoms with Gasteiger partial charge in [0.15, 0.2) is 5.82 Å². The predicted octanol–water partition coefficient (Wildman–Crippen LogP) is 5.36. The van der Waals surface area contributed by atoms with Crippen molar-refractivity contribution in [2.24, 2.45) is 0 Å². The van der Waals surface area contributed by atoms with Gasteiger partial charge in [0.05, 0.1) is 22.7 Å². The Morgan fingerprint density at radius 3 is 2.54 bits per heavy atom. The molecule has 2 aliphatic rings. The van der Waals surface area contributed by atoms with E-state index < -0.39 is 0 Å². The van der Waals surface area contributed by atoms with Gasteiger partial charge in [0.2, 0.25) is 0 Å². The number of benzene rings is 2. The minimum atomic E-state index is -0.318. The van der Waals surface area contributed by atoms with E-state index in [4.69, 9.17) is 0 Å². The Hall–Kier alpha value is -3.38. The number of pyridine rings is 1. The normalized spacial score (nSPS) is 11.2. The van der Waals surface area contributed by atoms with E-state index in [0.29, 0.717) is 17.9 Å². The SMILES string of the molecule is Fc1ccccc1-c1nc2ccn(Cc3ncc(-c4ccccc4)s3)cc-2n1. The lowest BCUT2D eigenvalue weighted by Crippen LogP contribution is -2.00. The van der Waals surface area contributed by atoms with Gasteiger partial charge in [0, 0.05) is 18.6 Å². The maximum Gasteiger partial charge on any atom is 0.163 e. The predicted molar refractivity (Wildman–Crippen MR) is 109 cm³/mol. The van der Waals surface area contributed by atoms with E-state index in [-0.39, 0.29) is 5.82 Å². The summed E-state index contributed by atoms with van der Waals surface area (Å²) in [4.78, 5) is 14.7. The third kappa shape index (κ3) is 3.18. The molecule has 0 amide bonds. The summed E-state index contributed by atoms with van der Waals surface area (Å²) in [6.45, 7) is 0.648. The Balaban J connectivity index is 1.43. The van der Waals surface area contributed by atoms with Crippen LogP contribution in [0.4, 0.5) is 4.39 Å². The Kier molecular flexibility index (Phi) is 4.18. The van der Waals surface area contributed by atoms with Gasteiger partial charge < -0.3 is 4.57 Å². The second-order valence-electron chi connectivity index (χ2n) is 6.40. The smallest absolute Gasteiger partial charge is 0.163 e. The van der Waals surface area contributed by atoms with Crippen molar-refractivity contribution in [2.45, 2.75) is 6.54 Å². The number of hydrogen-bond acceptors (Lipinski definition) is 4. The topological polar surface area (TPSA) is 43.6 Å². The highest BCUT2D eigenvalue weighted by atomic mass is 32.1. The van der Waals surface area contributed by atoms with Gasteiger partial charge in [-0.05, 0) is 23.8 Å². The number of hydrogen-bond donors (Lipinski definition) is 0. The maximum absolute atomic E-state index is 14.0. The molecule has 0 saturated carbocycles. The van der Waals surface area contributed by atoms with Crippen molar-refractivity contribution < 1.29 is 4.39 Å². The van der Waals surface area contributed by atoms with Gasteiger partial charge in [0.1, 0.15) is 16.5 Å². The van der Waals surface area contributed by atoms with E-state index in [1.807, 2.05) is 47.4 Å². The summed E-state index contributed by atoms with van der Waals surface area (Å²) < 4.78 is 16.0. The fourth-order valence-electron chi connectivity index (χ4n) is 3.09. The van der Waals surface area contributed by atoms with Crippen LogP contribution in [-0.2, 0) is 6.54 Å². The third-order valence-corrected chi connectivity index (χ3v) is 5.50. The molecule has 0 aliphatic carbocycles. The molecule has 0 unspecified atom stereocenters. The molecule has 0 radical (unpaired) electrons. The fourth-order valence-corrected chi connectivity index (χ4v) is 4.02. The molecule has 3 heterocycles. The molecule has 1 aromatic heterocycles. The van der Waals surface area contributed by atoms with Crippen molar-refractivity contribution in [3.8, 4) is 33.2 Å². The molecule has 0 bridgehead atoms. The molecule has 136 valence electrons. The van der Waals surface area contributed by atoms with E-state index >= 15 is 0 Å². The maximum atomic E-state index is 14.0. The van der Waals surface area contributed by atoms with Gasteiger partial charge in [-0.15, -0.1) is 11.3 Å². The van der Waals surface area contributed by atoms with E-state index in [1.54, 1.807) is 29.5 Å². The van der Waals surface area contributed by atoms with Crippen LogP contribution in [-0.4, -0.2) is 19.5 Å². The minimum absolute atomic E-state index is 0.318. The molecular weight excluding hydrogens is 371 g/mol. The van der Waals surface area contributed by atoms with Crippen molar-refractivity contribution >= 4 is 11.3 Å². The molecule has 28 heavy (non-hydrogen) atoms. The van der Waals surface area contributed by atoms with Gasteiger partial charge in [-0.25, -0.2) is 19.3 Å². The Morgan fingerprint density at radius 2 is 1.68 bits per heavy atom. The van der Waals surface area contributed by atoms with Crippen molar-refractivity contribution in [3.05, 3.63) is 90.1 Å². The highest BCUT2D eigenvalue weighted by Crippen LogP contribution is 2.28. The molecule has 0 fully saturated rings. The summed E-state index contributed by atoms with van der Waals surface area (Å²) in [5, 5.41) is 1.01. The van der Waals surface area contributed by atoms with E-state index in [1.165, 1.54) is 11.6 Å². The van der Waals surface area contributed by atoms with Crippen LogP contribution >= 0.6 is 11.3 Å². The highest BCUT2D eigenvalue weighted by molar-refractivity contribution is 7.15. The summed E-state index contributed by atoms with van der Waals surface area (Å²) in [5.74, 6) is 0.0911. The van der Waals surface area contributed by atoms with Crippen LogP contribution in [0.3, 0.4) is 0 Å². The van der Waals surface area contributed by atoms with Crippen molar-refractivity contribution in [3.63, 3.8) is 0 Å². The first-order chi connectivity index (χ1) is 13.8. The van der Waals surface area contributed by atoms with Gasteiger partial charge >= 0.3 is 0 Å². The number of aromatic nitrogens is 4. The Bertz CT molecular complexity index is 1210. The lowest BCUT2D eigenvalue weighted by atomic mass is 10.2. The molecule has 0 spiro atoms. The molecule has 5 rings (SSSR count). The zero-order valence-electron chi connectivity index (χ0n) is 14.8. The number of fused-ring (bicyclic) bond motifs is 1. The molecule has 2 aliphatic heterocycles. The first kappa shape index (κ1) is 16.8. The second kappa shape index (κ2) is 6.98. The minimum Gasteiger partial charge on any atom is -0.345 e. The first-order valence-corrected chi connectivity index (χ1v) is 9.66. The molecule has 4 nitrogen and oxygen atoms in total. The first-order valence-electron chi connectivity index (χ1n) is 8.85. The number of thiazole rings is 1. The van der Waals surface area contributed by atoms with Crippen LogP contribution in [0.25, 0.3) is 33.2 Å². The van der Waals surface area contributed by atoms with Gasteiger partial charge in [-0.3, -0.25) is 0 Å². The summed E-state index contributed by atoms with van der Waals surface area (Å²) in [6.07, 6.45) is 5.79. The molecule has 2 aromatic carbocycles. The molecular formula is C22H15FN4S. The van der Waals surface area contributed by atoms with Gasteiger partial charge in [0.25, 0.3) is 0 Å². The largest absolute Gasteiger partial charge is 0.345 e. The van der Waals surface area contributed by atoms with Gasteiger partial charge in [-0.2, -0.15) is 0 Å². The van der Waals surface area contributed by atoms with Crippen molar-refractivity contribution in [1.82, 2.24) is 19.5 Å². The number of nitrogens with zero attached hydrogens (tertiary/aromatic N) is 4. The third-order valence-electron chi connectivity index (χ3n) is 4.47. The summed E-state index contributed by atoms with van der Waals surface area (Å²) in [7, 11) is 0. The zero-order valence-corrected chi connectivity index (χ0v) is 15.6. The van der Waals surface area contributed by atoms with Crippen LogP contribution in [0.1, 0.15) is 5.01 Å². The fraction of sp³-hybridized carbons (Fsp3) is 0.0455. The monoisotopic (exact) mass is 386 g/mol. The zero-order chi connectivity index (χ0) is 18.9. The molecule has 6 heteroatoms. The van der Waals surface area contributed by atoms with E-state index in [0.717, 1.165) is 21.3 Å². The lowest BCUT2D eigenvalue weighted by molar-refractivity contribution is 0.630. The van der Waals surface area contributed by atoms with Crippen LogP contribution < -0.4 is 0 Å². The van der Waals surface area contributed by atoms with Crippen LogP contribution in [0.15, 0.2) is 79.3 Å². The van der Waals surface area contributed by atoms with Crippen LogP contribution in [0.5, 0.6) is 0 Å². The standard InChI is InChI=1S/C22H15FN4S/c23-17-9-5-4-8-16(17)22-25-18-10-11-27(13-19(18)26-22)14-21-24-12-20(28-21)15-6-2-1-3-7-15/h1-13H,14H2. The lowest BCUT2D eigenvalue weighted by Gasteiger charge is -2.05. The Morgan fingerprint density at radius 1 is 0.893 bits per heavy atom. The van der Waals surface area contributed by atoms with Crippen molar-refractivity contribution in [2.75, 3.05) is 0 Å². The van der Waals surface area contributed by atoms with Gasteiger partial charge in [-0.1, -0.05) is 42.5 Å². The van der Waals surface area contributed by atoms with E-state index in [2.05, 4.69) is 27.1 Å². The van der Waals surface area contributed by atoms with Crippen LogP contribution in [0, 0.1) is 5.82 Å². The summed E-state index contributed by atoms with van der Waals surface area (Å²) in [5.41, 5.74) is 3.07.